The molecule has 0 aliphatic carbocycles. The van der Waals surface area contributed by atoms with Gasteiger partial charge in [-0.3, -0.25) is 0 Å². The van der Waals surface area contributed by atoms with Crippen molar-refractivity contribution < 1.29 is 4.39 Å². The number of aromatic nitrogens is 4. The van der Waals surface area contributed by atoms with E-state index in [2.05, 4.69) is 52.4 Å². The maximum atomic E-state index is 13.0. The van der Waals surface area contributed by atoms with Crippen molar-refractivity contribution in [2.24, 2.45) is 0 Å². The zero-order valence-electron chi connectivity index (χ0n) is 14.6. The molecule has 4 aromatic rings. The van der Waals surface area contributed by atoms with Gasteiger partial charge in [0, 0.05) is 6.54 Å². The summed E-state index contributed by atoms with van der Waals surface area (Å²) in [5.41, 5.74) is 5.01. The van der Waals surface area contributed by atoms with Gasteiger partial charge in [0.2, 0.25) is 0 Å². The highest BCUT2D eigenvalue weighted by Gasteiger charge is 2.12. The van der Waals surface area contributed by atoms with E-state index in [1.807, 2.05) is 4.68 Å². The number of hydrogen-bond acceptors (Lipinski definition) is 4. The summed E-state index contributed by atoms with van der Waals surface area (Å²) >= 11 is 0. The van der Waals surface area contributed by atoms with Gasteiger partial charge in [-0.15, -0.1) is 0 Å². The fraction of sp³-hybridized carbons (Fsp3) is 0.150. The normalized spacial score (nSPS) is 11.0. The van der Waals surface area contributed by atoms with Crippen molar-refractivity contribution in [2.75, 3.05) is 5.32 Å². The molecule has 0 saturated carbocycles. The first-order valence-electron chi connectivity index (χ1n) is 8.36. The van der Waals surface area contributed by atoms with E-state index in [0.29, 0.717) is 12.4 Å². The number of aryl methyl sites for hydroxylation is 2. The minimum atomic E-state index is -0.243. The molecule has 0 amide bonds. The molecule has 0 aliphatic heterocycles. The molecule has 0 fully saturated rings. The second-order valence-corrected chi connectivity index (χ2v) is 6.29. The van der Waals surface area contributed by atoms with Gasteiger partial charge >= 0.3 is 0 Å². The number of halogens is 1. The summed E-state index contributed by atoms with van der Waals surface area (Å²) in [4.78, 5) is 8.75. The summed E-state index contributed by atoms with van der Waals surface area (Å²) in [6.45, 7) is 4.65. The second kappa shape index (κ2) is 6.55. The summed E-state index contributed by atoms with van der Waals surface area (Å²) < 4.78 is 14.9. The van der Waals surface area contributed by atoms with E-state index in [1.165, 1.54) is 18.5 Å². The summed E-state index contributed by atoms with van der Waals surface area (Å²) in [6, 6.07) is 12.6. The highest BCUT2D eigenvalue weighted by atomic mass is 19.1. The SMILES string of the molecule is Cc1ccc(C)c(-n2ncc3c(NCc4ccc(F)cc4)ncnc32)c1. The molecular formula is C20H18FN5. The number of fused-ring (bicyclic) bond motifs is 1. The van der Waals surface area contributed by atoms with Crippen LogP contribution in [-0.2, 0) is 6.54 Å². The van der Waals surface area contributed by atoms with E-state index < -0.39 is 0 Å². The first-order chi connectivity index (χ1) is 12.6. The van der Waals surface area contributed by atoms with Gasteiger partial charge in [-0.25, -0.2) is 19.0 Å². The van der Waals surface area contributed by atoms with Crippen molar-refractivity contribution in [3.8, 4) is 5.69 Å². The van der Waals surface area contributed by atoms with Crippen molar-refractivity contribution in [1.82, 2.24) is 19.7 Å². The Morgan fingerprint density at radius 3 is 2.65 bits per heavy atom. The van der Waals surface area contributed by atoms with Gasteiger partial charge in [0.05, 0.1) is 17.3 Å². The lowest BCUT2D eigenvalue weighted by Crippen LogP contribution is -2.04. The van der Waals surface area contributed by atoms with Crippen LogP contribution in [0, 0.1) is 19.7 Å². The molecule has 4 rings (SSSR count). The van der Waals surface area contributed by atoms with Crippen LogP contribution in [-0.4, -0.2) is 19.7 Å². The summed E-state index contributed by atoms with van der Waals surface area (Å²) in [5, 5.41) is 8.65. The van der Waals surface area contributed by atoms with Gasteiger partial charge in [-0.05, 0) is 48.7 Å². The van der Waals surface area contributed by atoms with E-state index in [0.717, 1.165) is 33.4 Å². The second-order valence-electron chi connectivity index (χ2n) is 6.29. The van der Waals surface area contributed by atoms with Crippen LogP contribution in [0.15, 0.2) is 55.0 Å². The summed E-state index contributed by atoms with van der Waals surface area (Å²) in [5.74, 6) is 0.462. The van der Waals surface area contributed by atoms with Gasteiger partial charge < -0.3 is 5.32 Å². The molecule has 6 heteroatoms. The third-order valence-electron chi connectivity index (χ3n) is 4.33. The third-order valence-corrected chi connectivity index (χ3v) is 4.33. The van der Waals surface area contributed by atoms with Gasteiger partial charge in [-0.1, -0.05) is 24.3 Å². The topological polar surface area (TPSA) is 55.6 Å². The van der Waals surface area contributed by atoms with Gasteiger partial charge in [0.1, 0.15) is 18.0 Å². The molecule has 130 valence electrons. The molecule has 2 aromatic heterocycles. The van der Waals surface area contributed by atoms with Crippen molar-refractivity contribution >= 4 is 16.9 Å². The Hall–Kier alpha value is -3.28. The Morgan fingerprint density at radius 1 is 1.04 bits per heavy atom. The predicted molar refractivity (Wildman–Crippen MR) is 99.9 cm³/mol. The lowest BCUT2D eigenvalue weighted by molar-refractivity contribution is 0.627. The first-order valence-corrected chi connectivity index (χ1v) is 8.36. The Kier molecular flexibility index (Phi) is 4.08. The Labute approximate surface area is 150 Å². The van der Waals surface area contributed by atoms with E-state index in [-0.39, 0.29) is 5.82 Å². The largest absolute Gasteiger partial charge is 0.365 e. The van der Waals surface area contributed by atoms with Crippen LogP contribution >= 0.6 is 0 Å². The van der Waals surface area contributed by atoms with E-state index in [4.69, 9.17) is 0 Å². The number of anilines is 1. The van der Waals surface area contributed by atoms with Crippen molar-refractivity contribution in [2.45, 2.75) is 20.4 Å². The monoisotopic (exact) mass is 347 g/mol. The molecule has 0 unspecified atom stereocenters. The van der Waals surface area contributed by atoms with Crippen LogP contribution in [0.3, 0.4) is 0 Å². The number of benzene rings is 2. The van der Waals surface area contributed by atoms with Crippen LogP contribution < -0.4 is 5.32 Å². The lowest BCUT2D eigenvalue weighted by atomic mass is 10.1. The molecule has 1 N–H and O–H groups in total. The molecule has 0 atom stereocenters. The van der Waals surface area contributed by atoms with Crippen LogP contribution in [0.5, 0.6) is 0 Å². The van der Waals surface area contributed by atoms with Gasteiger partial charge in [0.15, 0.2) is 5.65 Å². The molecule has 0 radical (unpaired) electrons. The van der Waals surface area contributed by atoms with E-state index in [9.17, 15) is 4.39 Å². The fourth-order valence-corrected chi connectivity index (χ4v) is 2.90. The lowest BCUT2D eigenvalue weighted by Gasteiger charge is -2.09. The molecule has 26 heavy (non-hydrogen) atoms. The summed E-state index contributed by atoms with van der Waals surface area (Å²) in [7, 11) is 0. The average molecular weight is 347 g/mol. The third kappa shape index (κ3) is 3.01. The van der Waals surface area contributed by atoms with Gasteiger partial charge in [0.25, 0.3) is 0 Å². The van der Waals surface area contributed by atoms with Gasteiger partial charge in [-0.2, -0.15) is 5.10 Å². The quantitative estimate of drug-likeness (QED) is 0.602. The van der Waals surface area contributed by atoms with Crippen LogP contribution in [0.25, 0.3) is 16.7 Å². The van der Waals surface area contributed by atoms with E-state index >= 15 is 0 Å². The molecule has 0 aliphatic rings. The number of rotatable bonds is 4. The minimum Gasteiger partial charge on any atom is -0.365 e. The standard InChI is InChI=1S/C20H18FN5/c1-13-3-4-14(2)18(9-13)26-20-17(11-25-26)19(23-12-24-20)22-10-15-5-7-16(21)8-6-15/h3-9,11-12H,10H2,1-2H3,(H,22,23,24). The summed E-state index contributed by atoms with van der Waals surface area (Å²) in [6.07, 6.45) is 3.29. The van der Waals surface area contributed by atoms with Crippen LogP contribution in [0.2, 0.25) is 0 Å². The van der Waals surface area contributed by atoms with Crippen LogP contribution in [0.4, 0.5) is 10.2 Å². The zero-order valence-corrected chi connectivity index (χ0v) is 14.6. The Bertz CT molecular complexity index is 1070. The predicted octanol–water partition coefficient (Wildman–Crippen LogP) is 4.18. The van der Waals surface area contributed by atoms with E-state index in [1.54, 1.807) is 18.3 Å². The molecule has 2 heterocycles. The molecule has 0 bridgehead atoms. The molecule has 0 saturated heterocycles. The number of nitrogens with zero attached hydrogens (tertiary/aromatic N) is 4. The average Bonchev–Trinajstić information content (AvgIpc) is 3.08. The number of hydrogen-bond donors (Lipinski definition) is 1. The zero-order chi connectivity index (χ0) is 18.1. The fourth-order valence-electron chi connectivity index (χ4n) is 2.90. The maximum Gasteiger partial charge on any atom is 0.168 e. The Morgan fingerprint density at radius 2 is 1.85 bits per heavy atom. The molecular weight excluding hydrogens is 329 g/mol. The van der Waals surface area contributed by atoms with Crippen molar-refractivity contribution in [3.63, 3.8) is 0 Å². The highest BCUT2D eigenvalue weighted by Crippen LogP contribution is 2.24. The smallest absolute Gasteiger partial charge is 0.168 e. The van der Waals surface area contributed by atoms with Crippen molar-refractivity contribution in [1.29, 1.82) is 0 Å². The minimum absolute atomic E-state index is 0.243. The first kappa shape index (κ1) is 16.2. The maximum absolute atomic E-state index is 13.0. The highest BCUT2D eigenvalue weighted by molar-refractivity contribution is 5.87. The number of nitrogens with one attached hydrogen (secondary N) is 1. The molecule has 0 spiro atoms. The molecule has 2 aromatic carbocycles. The van der Waals surface area contributed by atoms with Crippen LogP contribution in [0.1, 0.15) is 16.7 Å². The Balaban J connectivity index is 1.69. The molecule has 5 nitrogen and oxygen atoms in total. The van der Waals surface area contributed by atoms with Crippen molar-refractivity contribution in [3.05, 3.63) is 77.5 Å².